The molecule has 0 amide bonds. The van der Waals surface area contributed by atoms with E-state index in [1.165, 1.54) is 99.6 Å². The summed E-state index contributed by atoms with van der Waals surface area (Å²) >= 11 is 0. The van der Waals surface area contributed by atoms with Crippen molar-refractivity contribution >= 4 is 79.4 Å². The number of hydrogen-bond acceptors (Lipinski definition) is 2. The van der Waals surface area contributed by atoms with Crippen molar-refractivity contribution < 1.29 is 0 Å². The Bertz CT molecular complexity index is 3060. The fourth-order valence-corrected chi connectivity index (χ4v) is 10.3. The van der Waals surface area contributed by atoms with Crippen LogP contribution in [0.5, 0.6) is 0 Å². The Morgan fingerprint density at radius 2 is 1.02 bits per heavy atom. The van der Waals surface area contributed by atoms with Crippen molar-refractivity contribution in [2.75, 3.05) is 9.80 Å². The van der Waals surface area contributed by atoms with Crippen LogP contribution in [0.3, 0.4) is 0 Å². The van der Waals surface area contributed by atoms with Crippen LogP contribution in [0.2, 0.25) is 0 Å². The zero-order valence-electron chi connectivity index (χ0n) is 33.6. The van der Waals surface area contributed by atoms with Crippen molar-refractivity contribution in [3.05, 3.63) is 179 Å². The Balaban J connectivity index is 0.968. The molecule has 0 N–H and O–H groups in total. The zero-order chi connectivity index (χ0) is 38.8. The maximum atomic E-state index is 2.52. The van der Waals surface area contributed by atoms with Crippen molar-refractivity contribution in [2.24, 2.45) is 0 Å². The smallest absolute Gasteiger partial charge is 0.0581 e. The zero-order valence-corrected chi connectivity index (χ0v) is 33.6. The predicted octanol–water partition coefficient (Wildman–Crippen LogP) is 14.9. The molecule has 276 valence electrons. The van der Waals surface area contributed by atoms with Gasteiger partial charge < -0.3 is 9.80 Å². The highest BCUT2D eigenvalue weighted by molar-refractivity contribution is 6.27. The number of fused-ring (bicyclic) bond motifs is 5. The van der Waals surface area contributed by atoms with E-state index < -0.39 is 0 Å². The first-order valence-corrected chi connectivity index (χ1v) is 20.3. The number of nitrogens with zero attached hydrogens (tertiary/aromatic N) is 2. The van der Waals surface area contributed by atoms with Gasteiger partial charge in [0.25, 0.3) is 0 Å². The fourth-order valence-electron chi connectivity index (χ4n) is 10.3. The molecule has 2 aliphatic heterocycles. The number of para-hydroxylation sites is 2. The molecule has 0 bridgehead atoms. The molecule has 2 heteroatoms. The molecule has 8 aromatic rings. The van der Waals surface area contributed by atoms with Gasteiger partial charge in [-0.3, -0.25) is 0 Å². The third-order valence-corrected chi connectivity index (χ3v) is 13.2. The van der Waals surface area contributed by atoms with E-state index in [4.69, 9.17) is 0 Å². The summed E-state index contributed by atoms with van der Waals surface area (Å²) in [7, 11) is 0. The molecule has 3 aliphatic rings. The molecule has 11 rings (SSSR count). The standard InChI is InChI=1S/C55H46N2/c1-53(2)31-29-37-11-7-9-13-48(37)56(53)41-23-27-44-43-24-16-35(33-46(43)55(5,6)47(44)34-41)15-17-36-18-19-39-21-26-45-50(28-22-40-20-25-42(36)51(39)52(40)45)57-49-14-10-8-12-38(49)30-32-54(57,3)4/h7-34H,1-6H3. The first-order valence-electron chi connectivity index (χ1n) is 20.3. The molecule has 0 radical (unpaired) electrons. The summed E-state index contributed by atoms with van der Waals surface area (Å²) in [5.41, 5.74) is 15.0. The molecule has 2 heterocycles. The van der Waals surface area contributed by atoms with Crippen LogP contribution in [0.25, 0.3) is 67.7 Å². The van der Waals surface area contributed by atoms with Crippen LogP contribution in [-0.2, 0) is 5.41 Å². The molecule has 0 saturated carbocycles. The first-order chi connectivity index (χ1) is 27.5. The maximum Gasteiger partial charge on any atom is 0.0581 e. The topological polar surface area (TPSA) is 6.48 Å². The van der Waals surface area contributed by atoms with E-state index in [0.29, 0.717) is 0 Å². The fraction of sp³-hybridized carbons (Fsp3) is 0.164. The molecule has 0 saturated heterocycles. The minimum atomic E-state index is -0.173. The average Bonchev–Trinajstić information content (AvgIpc) is 3.43. The maximum absolute atomic E-state index is 2.52. The van der Waals surface area contributed by atoms with Gasteiger partial charge in [-0.05, 0) is 129 Å². The van der Waals surface area contributed by atoms with E-state index >= 15 is 0 Å². The summed E-state index contributed by atoms with van der Waals surface area (Å²) < 4.78 is 0. The van der Waals surface area contributed by atoms with Gasteiger partial charge >= 0.3 is 0 Å². The number of anilines is 4. The van der Waals surface area contributed by atoms with Crippen molar-refractivity contribution in [3.8, 4) is 11.1 Å². The summed E-state index contributed by atoms with van der Waals surface area (Å²) in [5, 5.41) is 7.81. The molecule has 0 spiro atoms. The van der Waals surface area contributed by atoms with Crippen LogP contribution in [0.4, 0.5) is 22.7 Å². The lowest BCUT2D eigenvalue weighted by Crippen LogP contribution is -2.40. The Kier molecular flexibility index (Phi) is 7.03. The van der Waals surface area contributed by atoms with E-state index in [0.717, 1.165) is 0 Å². The normalized spacial score (nSPS) is 17.1. The molecule has 0 unspecified atom stereocenters. The molecular weight excluding hydrogens is 689 g/mol. The second kappa shape index (κ2) is 11.8. The highest BCUT2D eigenvalue weighted by Gasteiger charge is 2.38. The van der Waals surface area contributed by atoms with Crippen LogP contribution in [0.1, 0.15) is 74.9 Å². The molecule has 57 heavy (non-hydrogen) atoms. The second-order valence-corrected chi connectivity index (χ2v) is 17.9. The summed E-state index contributed by atoms with van der Waals surface area (Å²) in [4.78, 5) is 5.02. The lowest BCUT2D eigenvalue weighted by Gasteiger charge is -2.42. The Morgan fingerprint density at radius 3 is 1.74 bits per heavy atom. The van der Waals surface area contributed by atoms with Crippen molar-refractivity contribution in [1.29, 1.82) is 0 Å². The van der Waals surface area contributed by atoms with Gasteiger partial charge in [-0.1, -0.05) is 153 Å². The van der Waals surface area contributed by atoms with Gasteiger partial charge in [0.15, 0.2) is 0 Å². The van der Waals surface area contributed by atoms with Crippen molar-refractivity contribution in [3.63, 3.8) is 0 Å². The van der Waals surface area contributed by atoms with Gasteiger partial charge in [0.2, 0.25) is 0 Å². The molecule has 2 nitrogen and oxygen atoms in total. The van der Waals surface area contributed by atoms with Gasteiger partial charge in [-0.25, -0.2) is 0 Å². The van der Waals surface area contributed by atoms with Gasteiger partial charge in [0.05, 0.1) is 11.1 Å². The Hall–Kier alpha value is -6.38. The number of rotatable bonds is 4. The van der Waals surface area contributed by atoms with E-state index in [1.807, 2.05) is 0 Å². The van der Waals surface area contributed by atoms with Gasteiger partial charge in [0.1, 0.15) is 0 Å². The molecule has 0 aromatic heterocycles. The highest BCUT2D eigenvalue weighted by Crippen LogP contribution is 2.52. The van der Waals surface area contributed by atoms with E-state index in [1.54, 1.807) is 0 Å². The third kappa shape index (κ3) is 4.96. The van der Waals surface area contributed by atoms with Gasteiger partial charge in [0, 0.05) is 33.6 Å². The third-order valence-electron chi connectivity index (χ3n) is 13.2. The summed E-state index contributed by atoms with van der Waals surface area (Å²) in [5.74, 6) is 0. The Morgan fingerprint density at radius 1 is 0.456 bits per heavy atom. The Labute approximate surface area is 336 Å². The number of hydrogen-bond donors (Lipinski definition) is 0. The van der Waals surface area contributed by atoms with Crippen LogP contribution in [0.15, 0.2) is 146 Å². The lowest BCUT2D eigenvalue weighted by molar-refractivity contribution is 0.622. The van der Waals surface area contributed by atoms with Crippen LogP contribution < -0.4 is 9.80 Å². The van der Waals surface area contributed by atoms with E-state index in [9.17, 15) is 0 Å². The van der Waals surface area contributed by atoms with E-state index in [2.05, 4.69) is 221 Å². The highest BCUT2D eigenvalue weighted by atomic mass is 15.2. The van der Waals surface area contributed by atoms with Crippen LogP contribution >= 0.6 is 0 Å². The summed E-state index contributed by atoms with van der Waals surface area (Å²) in [6, 6.07) is 50.2. The van der Waals surface area contributed by atoms with Crippen molar-refractivity contribution in [2.45, 2.75) is 58.0 Å². The SMILES string of the molecule is CC1(C)c2cc(C=Cc3ccc4ccc5c(N6c7ccccc7C=CC6(C)C)ccc6ccc3c4c65)ccc2-c2ccc(N3c4ccccc4C=CC3(C)C)cc21. The molecule has 8 aromatic carbocycles. The monoisotopic (exact) mass is 734 g/mol. The summed E-state index contributed by atoms with van der Waals surface area (Å²) in [6.45, 7) is 14.0. The van der Waals surface area contributed by atoms with Gasteiger partial charge in [-0.2, -0.15) is 0 Å². The van der Waals surface area contributed by atoms with Crippen LogP contribution in [-0.4, -0.2) is 11.1 Å². The molecule has 0 atom stereocenters. The number of benzene rings is 8. The second-order valence-electron chi connectivity index (χ2n) is 17.9. The van der Waals surface area contributed by atoms with Crippen LogP contribution in [0, 0.1) is 0 Å². The largest absolute Gasteiger partial charge is 0.332 e. The van der Waals surface area contributed by atoms with Crippen molar-refractivity contribution in [1.82, 2.24) is 0 Å². The lowest BCUT2D eigenvalue weighted by atomic mass is 9.81. The summed E-state index contributed by atoms with van der Waals surface area (Å²) in [6.07, 6.45) is 13.8. The van der Waals surface area contributed by atoms with Gasteiger partial charge in [-0.15, -0.1) is 0 Å². The minimum Gasteiger partial charge on any atom is -0.332 e. The first kappa shape index (κ1) is 33.9. The molecule has 0 fully saturated rings. The quantitative estimate of drug-likeness (QED) is 0.131. The molecule has 1 aliphatic carbocycles. The molecular formula is C55H46N2. The predicted molar refractivity (Wildman–Crippen MR) is 246 cm³/mol. The minimum absolute atomic E-state index is 0.135. The average molecular weight is 735 g/mol. The van der Waals surface area contributed by atoms with E-state index in [-0.39, 0.29) is 16.5 Å².